The van der Waals surface area contributed by atoms with Gasteiger partial charge in [-0.3, -0.25) is 9.59 Å². The Balaban J connectivity index is 1.76. The summed E-state index contributed by atoms with van der Waals surface area (Å²) in [6.07, 6.45) is 4.32. The van der Waals surface area contributed by atoms with Crippen LogP contribution in [0, 0.1) is 5.92 Å². The van der Waals surface area contributed by atoms with E-state index >= 15 is 0 Å². The fourth-order valence-corrected chi connectivity index (χ4v) is 4.03. The summed E-state index contributed by atoms with van der Waals surface area (Å²) in [4.78, 5) is 40.5. The number of hydrogen-bond acceptors (Lipinski definition) is 5. The Kier molecular flexibility index (Phi) is 5.03. The van der Waals surface area contributed by atoms with Crippen molar-refractivity contribution in [1.82, 2.24) is 4.98 Å². The number of carbonyl (C=O) groups is 3. The fourth-order valence-electron chi connectivity index (χ4n) is 2.75. The van der Waals surface area contributed by atoms with Crippen LogP contribution in [0.25, 0.3) is 0 Å². The van der Waals surface area contributed by atoms with Crippen molar-refractivity contribution in [2.24, 2.45) is 5.92 Å². The quantitative estimate of drug-likeness (QED) is 0.612. The molecule has 1 amide bonds. The van der Waals surface area contributed by atoms with E-state index in [0.717, 1.165) is 29.7 Å². The normalized spacial score (nSPS) is 12.9. The molecule has 0 saturated heterocycles. The van der Waals surface area contributed by atoms with Gasteiger partial charge in [0.15, 0.2) is 6.61 Å². The van der Waals surface area contributed by atoms with Crippen molar-refractivity contribution in [3.63, 3.8) is 0 Å². The molecular weight excluding hydrogens is 340 g/mol. The predicted molar refractivity (Wildman–Crippen MR) is 95.2 cm³/mol. The molecule has 1 aliphatic carbocycles. The van der Waals surface area contributed by atoms with Gasteiger partial charge in [-0.15, -0.1) is 11.3 Å². The van der Waals surface area contributed by atoms with E-state index in [1.807, 2.05) is 0 Å². The molecule has 0 saturated carbocycles. The topological polar surface area (TPSA) is 88.3 Å². The number of thiophene rings is 1. The third-order valence-corrected chi connectivity index (χ3v) is 5.33. The zero-order valence-corrected chi connectivity index (χ0v) is 15.0. The van der Waals surface area contributed by atoms with Crippen LogP contribution >= 0.6 is 11.3 Å². The molecule has 1 aliphatic rings. The van der Waals surface area contributed by atoms with E-state index in [-0.39, 0.29) is 24.2 Å². The highest BCUT2D eigenvalue weighted by atomic mass is 32.1. The molecule has 0 radical (unpaired) electrons. The van der Waals surface area contributed by atoms with Crippen molar-refractivity contribution >= 4 is 34.0 Å². The van der Waals surface area contributed by atoms with E-state index in [0.29, 0.717) is 16.3 Å². The Morgan fingerprint density at radius 3 is 2.80 bits per heavy atom. The first-order chi connectivity index (χ1) is 12.0. The van der Waals surface area contributed by atoms with Crippen molar-refractivity contribution in [2.75, 3.05) is 11.9 Å². The zero-order valence-electron chi connectivity index (χ0n) is 14.2. The lowest BCUT2D eigenvalue weighted by Gasteiger charge is -2.10. The summed E-state index contributed by atoms with van der Waals surface area (Å²) in [7, 11) is 0. The van der Waals surface area contributed by atoms with Crippen molar-refractivity contribution in [2.45, 2.75) is 33.1 Å². The molecule has 7 heteroatoms. The van der Waals surface area contributed by atoms with E-state index < -0.39 is 5.97 Å². The number of hydrogen-bond donors (Lipinski definition) is 2. The van der Waals surface area contributed by atoms with Crippen LogP contribution in [0.5, 0.6) is 0 Å². The van der Waals surface area contributed by atoms with Gasteiger partial charge in [-0.05, 0) is 37.0 Å². The number of nitrogens with one attached hydrogen (secondary N) is 2. The van der Waals surface area contributed by atoms with Gasteiger partial charge in [-0.1, -0.05) is 13.8 Å². The summed E-state index contributed by atoms with van der Waals surface area (Å²) in [5.41, 5.74) is 1.75. The highest BCUT2D eigenvalue weighted by Crippen LogP contribution is 2.39. The fraction of sp³-hybridized carbons (Fsp3) is 0.389. The molecule has 132 valence electrons. The smallest absolute Gasteiger partial charge is 0.341 e. The average Bonchev–Trinajstić information content (AvgIpc) is 3.28. The molecular formula is C18H20N2O4S. The van der Waals surface area contributed by atoms with Gasteiger partial charge in [-0.2, -0.15) is 0 Å². The summed E-state index contributed by atoms with van der Waals surface area (Å²) in [6, 6.07) is 3.34. The van der Waals surface area contributed by atoms with Crippen molar-refractivity contribution in [1.29, 1.82) is 0 Å². The van der Waals surface area contributed by atoms with Gasteiger partial charge in [0.2, 0.25) is 11.7 Å². The maximum atomic E-state index is 12.6. The van der Waals surface area contributed by atoms with Crippen LogP contribution in [-0.4, -0.2) is 29.3 Å². The molecule has 0 atom stereocenters. The standard InChI is InChI=1S/C18H20N2O4S/c1-10(2)16(22)20-17-15(11-5-3-7-14(11)25-17)18(23)24-9-13(21)12-6-4-8-19-12/h4,6,8,10,19H,3,5,7,9H2,1-2H3,(H,20,22). The van der Waals surface area contributed by atoms with Crippen molar-refractivity contribution in [3.05, 3.63) is 40.0 Å². The van der Waals surface area contributed by atoms with E-state index in [4.69, 9.17) is 4.74 Å². The van der Waals surface area contributed by atoms with Gasteiger partial charge in [0.05, 0.1) is 11.3 Å². The van der Waals surface area contributed by atoms with Crippen LogP contribution in [0.15, 0.2) is 18.3 Å². The van der Waals surface area contributed by atoms with Gasteiger partial charge in [-0.25, -0.2) is 4.79 Å². The number of ether oxygens (including phenoxy) is 1. The number of aromatic amines is 1. The molecule has 2 aromatic heterocycles. The number of aryl methyl sites for hydroxylation is 1. The molecule has 0 bridgehead atoms. The van der Waals surface area contributed by atoms with E-state index in [1.54, 1.807) is 32.2 Å². The SMILES string of the molecule is CC(C)C(=O)Nc1sc2c(c1C(=O)OCC(=O)c1ccc[nH]1)CCC2. The molecule has 0 aliphatic heterocycles. The Bertz CT molecular complexity index is 805. The van der Waals surface area contributed by atoms with Crippen LogP contribution in [0.1, 0.15) is 51.6 Å². The summed E-state index contributed by atoms with van der Waals surface area (Å²) in [6.45, 7) is 3.26. The Morgan fingerprint density at radius 2 is 2.12 bits per heavy atom. The highest BCUT2D eigenvalue weighted by molar-refractivity contribution is 7.17. The van der Waals surface area contributed by atoms with Gasteiger partial charge in [0, 0.05) is 17.0 Å². The number of anilines is 1. The average molecular weight is 360 g/mol. The Morgan fingerprint density at radius 1 is 1.32 bits per heavy atom. The first-order valence-corrected chi connectivity index (χ1v) is 9.08. The van der Waals surface area contributed by atoms with Crippen molar-refractivity contribution in [3.8, 4) is 0 Å². The second kappa shape index (κ2) is 7.23. The molecule has 2 heterocycles. The van der Waals surface area contributed by atoms with Crippen LogP contribution in [0.4, 0.5) is 5.00 Å². The Hall–Kier alpha value is -2.41. The molecule has 0 spiro atoms. The van der Waals surface area contributed by atoms with Gasteiger partial charge >= 0.3 is 5.97 Å². The van der Waals surface area contributed by atoms with Crippen LogP contribution in [0.2, 0.25) is 0 Å². The first-order valence-electron chi connectivity index (χ1n) is 8.26. The molecule has 0 aromatic carbocycles. The highest BCUT2D eigenvalue weighted by Gasteiger charge is 2.29. The number of aromatic nitrogens is 1. The summed E-state index contributed by atoms with van der Waals surface area (Å²) >= 11 is 1.43. The molecule has 0 fully saturated rings. The van der Waals surface area contributed by atoms with Crippen LogP contribution < -0.4 is 5.32 Å². The van der Waals surface area contributed by atoms with E-state index in [1.165, 1.54) is 11.3 Å². The first kappa shape index (κ1) is 17.4. The monoisotopic (exact) mass is 360 g/mol. The maximum absolute atomic E-state index is 12.6. The maximum Gasteiger partial charge on any atom is 0.341 e. The van der Waals surface area contributed by atoms with Crippen molar-refractivity contribution < 1.29 is 19.1 Å². The molecule has 2 aromatic rings. The van der Waals surface area contributed by atoms with Gasteiger partial charge in [0.1, 0.15) is 5.00 Å². The number of carbonyl (C=O) groups excluding carboxylic acids is 3. The minimum absolute atomic E-state index is 0.142. The zero-order chi connectivity index (χ0) is 18.0. The second-order valence-electron chi connectivity index (χ2n) is 6.29. The molecule has 25 heavy (non-hydrogen) atoms. The second-order valence-corrected chi connectivity index (χ2v) is 7.39. The number of fused-ring (bicyclic) bond motifs is 1. The van der Waals surface area contributed by atoms with Gasteiger partial charge < -0.3 is 15.0 Å². The number of H-pyrrole nitrogens is 1. The molecule has 2 N–H and O–H groups in total. The number of Topliss-reactive ketones (excluding diaryl/α,β-unsaturated/α-hetero) is 1. The Labute approximate surface area is 149 Å². The van der Waals surface area contributed by atoms with Crippen LogP contribution in [0.3, 0.4) is 0 Å². The minimum atomic E-state index is -0.557. The lowest BCUT2D eigenvalue weighted by atomic mass is 10.1. The third-order valence-electron chi connectivity index (χ3n) is 4.12. The number of ketones is 1. The number of rotatable bonds is 6. The number of amides is 1. The third kappa shape index (κ3) is 3.66. The predicted octanol–water partition coefficient (Wildman–Crippen LogP) is 3.20. The molecule has 0 unspecified atom stereocenters. The molecule has 3 rings (SSSR count). The molecule has 6 nitrogen and oxygen atoms in total. The largest absolute Gasteiger partial charge is 0.454 e. The number of esters is 1. The lowest BCUT2D eigenvalue weighted by molar-refractivity contribution is -0.118. The summed E-state index contributed by atoms with van der Waals surface area (Å²) in [5.74, 6) is -1.18. The summed E-state index contributed by atoms with van der Waals surface area (Å²) < 4.78 is 5.23. The summed E-state index contributed by atoms with van der Waals surface area (Å²) in [5, 5.41) is 3.35. The van der Waals surface area contributed by atoms with Gasteiger partial charge in [0.25, 0.3) is 0 Å². The van der Waals surface area contributed by atoms with Crippen LogP contribution in [-0.2, 0) is 22.4 Å². The van der Waals surface area contributed by atoms with E-state index in [9.17, 15) is 14.4 Å². The minimum Gasteiger partial charge on any atom is -0.454 e. The van der Waals surface area contributed by atoms with E-state index in [2.05, 4.69) is 10.3 Å². The lowest BCUT2D eigenvalue weighted by Crippen LogP contribution is -2.20.